The molecule has 1 aromatic heterocycles. The third-order valence-electron chi connectivity index (χ3n) is 5.40. The number of rotatable bonds is 7. The molecule has 0 unspecified atom stereocenters. The third-order valence-corrected chi connectivity index (χ3v) is 5.77. The van der Waals surface area contributed by atoms with Gasteiger partial charge in [0.25, 0.3) is 11.5 Å². The molecule has 3 aromatic carbocycles. The zero-order chi connectivity index (χ0) is 23.4. The van der Waals surface area contributed by atoms with Gasteiger partial charge in [-0.15, -0.1) is 0 Å². The number of hydrogen-bond donors (Lipinski definition) is 1. The molecule has 0 fully saturated rings. The van der Waals surface area contributed by atoms with Crippen molar-refractivity contribution in [3.05, 3.63) is 99.1 Å². The molecule has 0 aliphatic heterocycles. The summed E-state index contributed by atoms with van der Waals surface area (Å²) in [4.78, 5) is 30.9. The Morgan fingerprint density at radius 2 is 1.85 bits per heavy atom. The van der Waals surface area contributed by atoms with Crippen molar-refractivity contribution in [3.63, 3.8) is 0 Å². The molecule has 4 aromatic rings. The standard InChI is InChI=1S/C26H24ClN3O3/c1-3-6-24-29-23-14-11-19(28-25(31)17-9-12-20(33-2)13-10-17)15-21(23)26(32)30(24)16-18-7-4-5-8-22(18)27/h4-5,7-15H,3,6,16H2,1-2H3,(H,28,31). The topological polar surface area (TPSA) is 73.2 Å². The summed E-state index contributed by atoms with van der Waals surface area (Å²) in [7, 11) is 1.57. The average molecular weight is 462 g/mol. The number of aromatic nitrogens is 2. The number of nitrogens with one attached hydrogen (secondary N) is 1. The summed E-state index contributed by atoms with van der Waals surface area (Å²) in [6.07, 6.45) is 1.53. The SMILES string of the molecule is CCCc1nc2ccc(NC(=O)c3ccc(OC)cc3)cc2c(=O)n1Cc1ccccc1Cl. The molecule has 0 bridgehead atoms. The highest BCUT2D eigenvalue weighted by atomic mass is 35.5. The summed E-state index contributed by atoms with van der Waals surface area (Å²) in [6.45, 7) is 2.38. The molecule has 33 heavy (non-hydrogen) atoms. The van der Waals surface area contributed by atoms with Crippen LogP contribution in [0.2, 0.25) is 5.02 Å². The van der Waals surface area contributed by atoms with Crippen LogP contribution in [0.4, 0.5) is 5.69 Å². The van der Waals surface area contributed by atoms with Crippen LogP contribution in [0.3, 0.4) is 0 Å². The van der Waals surface area contributed by atoms with Crippen LogP contribution < -0.4 is 15.6 Å². The number of halogens is 1. The van der Waals surface area contributed by atoms with Gasteiger partial charge in [0.15, 0.2) is 0 Å². The minimum Gasteiger partial charge on any atom is -0.497 e. The Kier molecular flexibility index (Phi) is 6.75. The monoisotopic (exact) mass is 461 g/mol. The molecule has 0 aliphatic carbocycles. The Morgan fingerprint density at radius 3 is 2.55 bits per heavy atom. The highest BCUT2D eigenvalue weighted by Crippen LogP contribution is 2.20. The molecule has 0 saturated carbocycles. The third kappa shape index (κ3) is 4.91. The quantitative estimate of drug-likeness (QED) is 0.404. The zero-order valence-corrected chi connectivity index (χ0v) is 19.2. The molecule has 168 valence electrons. The maximum absolute atomic E-state index is 13.5. The van der Waals surface area contributed by atoms with Crippen molar-refractivity contribution < 1.29 is 9.53 Å². The number of carbonyl (C=O) groups is 1. The first-order valence-corrected chi connectivity index (χ1v) is 11.1. The second kappa shape index (κ2) is 9.88. The fourth-order valence-electron chi connectivity index (χ4n) is 3.66. The van der Waals surface area contributed by atoms with Gasteiger partial charge in [-0.25, -0.2) is 4.98 Å². The molecular formula is C26H24ClN3O3. The first kappa shape index (κ1) is 22.6. The maximum atomic E-state index is 13.5. The van der Waals surface area contributed by atoms with E-state index in [1.165, 1.54) is 0 Å². The summed E-state index contributed by atoms with van der Waals surface area (Å²) in [5.74, 6) is 1.11. The van der Waals surface area contributed by atoms with E-state index in [1.54, 1.807) is 54.1 Å². The Labute approximate surface area is 196 Å². The molecule has 1 amide bonds. The fourth-order valence-corrected chi connectivity index (χ4v) is 3.86. The first-order valence-electron chi connectivity index (χ1n) is 10.7. The van der Waals surface area contributed by atoms with E-state index in [0.29, 0.717) is 51.7 Å². The molecule has 4 rings (SSSR count). The van der Waals surface area contributed by atoms with Crippen LogP contribution in [0.1, 0.15) is 35.1 Å². The van der Waals surface area contributed by atoms with Crippen LogP contribution in [0.15, 0.2) is 71.5 Å². The Bertz CT molecular complexity index is 1360. The van der Waals surface area contributed by atoms with Gasteiger partial charge in [-0.1, -0.05) is 36.7 Å². The molecule has 0 atom stereocenters. The van der Waals surface area contributed by atoms with E-state index < -0.39 is 0 Å². The number of anilines is 1. The largest absolute Gasteiger partial charge is 0.497 e. The Hall–Kier alpha value is -3.64. The van der Waals surface area contributed by atoms with Crippen LogP contribution in [0.25, 0.3) is 10.9 Å². The van der Waals surface area contributed by atoms with E-state index in [0.717, 1.165) is 12.0 Å². The number of hydrogen-bond acceptors (Lipinski definition) is 4. The molecule has 0 saturated heterocycles. The molecule has 1 heterocycles. The summed E-state index contributed by atoms with van der Waals surface area (Å²) >= 11 is 6.34. The highest BCUT2D eigenvalue weighted by molar-refractivity contribution is 6.31. The Balaban J connectivity index is 1.70. The van der Waals surface area contributed by atoms with E-state index in [-0.39, 0.29) is 11.5 Å². The average Bonchev–Trinajstić information content (AvgIpc) is 2.83. The number of amides is 1. The molecule has 0 radical (unpaired) electrons. The predicted molar refractivity (Wildman–Crippen MR) is 131 cm³/mol. The second-order valence-corrected chi connectivity index (χ2v) is 8.08. The van der Waals surface area contributed by atoms with Crippen molar-refractivity contribution in [1.29, 1.82) is 0 Å². The van der Waals surface area contributed by atoms with E-state index in [1.807, 2.05) is 31.2 Å². The van der Waals surface area contributed by atoms with Gasteiger partial charge < -0.3 is 10.1 Å². The molecule has 0 aliphatic rings. The van der Waals surface area contributed by atoms with E-state index >= 15 is 0 Å². The van der Waals surface area contributed by atoms with E-state index in [2.05, 4.69) is 5.32 Å². The van der Waals surface area contributed by atoms with Gasteiger partial charge >= 0.3 is 0 Å². The highest BCUT2D eigenvalue weighted by Gasteiger charge is 2.14. The number of ether oxygens (including phenoxy) is 1. The number of methoxy groups -OCH3 is 1. The summed E-state index contributed by atoms with van der Waals surface area (Å²) < 4.78 is 6.80. The van der Waals surface area contributed by atoms with Crippen molar-refractivity contribution in [1.82, 2.24) is 9.55 Å². The fraction of sp³-hybridized carbons (Fsp3) is 0.192. The lowest BCUT2D eigenvalue weighted by atomic mass is 10.1. The summed E-state index contributed by atoms with van der Waals surface area (Å²) in [5.41, 5.74) is 2.30. The lowest BCUT2D eigenvalue weighted by Crippen LogP contribution is -2.26. The lowest BCUT2D eigenvalue weighted by molar-refractivity contribution is 0.102. The van der Waals surface area contributed by atoms with Gasteiger partial charge in [-0.3, -0.25) is 14.2 Å². The van der Waals surface area contributed by atoms with Crippen LogP contribution >= 0.6 is 11.6 Å². The van der Waals surface area contributed by atoms with Gasteiger partial charge in [-0.05, 0) is 60.5 Å². The number of fused-ring (bicyclic) bond motifs is 1. The number of benzene rings is 3. The molecular weight excluding hydrogens is 438 g/mol. The van der Waals surface area contributed by atoms with Gasteiger partial charge in [0.1, 0.15) is 11.6 Å². The van der Waals surface area contributed by atoms with Crippen molar-refractivity contribution >= 4 is 34.1 Å². The molecule has 0 spiro atoms. The van der Waals surface area contributed by atoms with Crippen molar-refractivity contribution in [2.75, 3.05) is 12.4 Å². The number of nitrogens with zero attached hydrogens (tertiary/aromatic N) is 2. The van der Waals surface area contributed by atoms with Crippen LogP contribution in [0, 0.1) is 0 Å². The summed E-state index contributed by atoms with van der Waals surface area (Å²) in [5, 5.41) is 3.90. The predicted octanol–water partition coefficient (Wildman–Crippen LogP) is 5.31. The lowest BCUT2D eigenvalue weighted by Gasteiger charge is -2.15. The van der Waals surface area contributed by atoms with Gasteiger partial charge in [0, 0.05) is 22.7 Å². The normalized spacial score (nSPS) is 10.9. The zero-order valence-electron chi connectivity index (χ0n) is 18.5. The second-order valence-electron chi connectivity index (χ2n) is 7.68. The minimum atomic E-state index is -0.274. The summed E-state index contributed by atoms with van der Waals surface area (Å²) in [6, 6.07) is 19.5. The smallest absolute Gasteiger partial charge is 0.261 e. The molecule has 1 N–H and O–H groups in total. The minimum absolute atomic E-state index is 0.163. The van der Waals surface area contributed by atoms with Crippen molar-refractivity contribution in [2.24, 2.45) is 0 Å². The van der Waals surface area contributed by atoms with Crippen molar-refractivity contribution in [3.8, 4) is 5.75 Å². The van der Waals surface area contributed by atoms with Gasteiger partial charge in [0.2, 0.25) is 0 Å². The van der Waals surface area contributed by atoms with Gasteiger partial charge in [-0.2, -0.15) is 0 Å². The molecule has 7 heteroatoms. The van der Waals surface area contributed by atoms with E-state index in [9.17, 15) is 9.59 Å². The van der Waals surface area contributed by atoms with Crippen molar-refractivity contribution in [2.45, 2.75) is 26.3 Å². The van der Waals surface area contributed by atoms with Crippen LogP contribution in [-0.4, -0.2) is 22.6 Å². The number of aryl methyl sites for hydroxylation is 1. The first-order chi connectivity index (χ1) is 16.0. The maximum Gasteiger partial charge on any atom is 0.261 e. The van der Waals surface area contributed by atoms with Crippen LogP contribution in [0.5, 0.6) is 5.75 Å². The van der Waals surface area contributed by atoms with Crippen LogP contribution in [-0.2, 0) is 13.0 Å². The van der Waals surface area contributed by atoms with Gasteiger partial charge in [0.05, 0.1) is 24.6 Å². The number of carbonyl (C=O) groups excluding carboxylic acids is 1. The van der Waals surface area contributed by atoms with E-state index in [4.69, 9.17) is 21.3 Å². The Morgan fingerprint density at radius 1 is 1.09 bits per heavy atom. The molecule has 6 nitrogen and oxygen atoms in total.